The van der Waals surface area contributed by atoms with E-state index in [0.717, 1.165) is 0 Å². The van der Waals surface area contributed by atoms with Crippen LogP contribution in [-0.4, -0.2) is 18.4 Å². The molecule has 0 saturated heterocycles. The van der Waals surface area contributed by atoms with E-state index in [1.165, 1.54) is 6.07 Å². The van der Waals surface area contributed by atoms with E-state index in [4.69, 9.17) is 9.47 Å². The largest absolute Gasteiger partial charge is 0.485 e. The number of ether oxygens (including phenoxy) is 2. The lowest BCUT2D eigenvalue weighted by molar-refractivity contribution is -0.130. The minimum absolute atomic E-state index is 0.0488. The molecular formula is C12H10O4. The number of benzene rings is 1. The van der Waals surface area contributed by atoms with Crippen molar-refractivity contribution in [1.29, 1.82) is 0 Å². The fraction of sp³-hybridized carbons (Fsp3) is 0.167. The number of carbonyl (C=O) groups is 2. The molecule has 0 saturated carbocycles. The lowest BCUT2D eigenvalue weighted by Crippen LogP contribution is -2.08. The minimum Gasteiger partial charge on any atom is -0.485 e. The molecule has 0 unspecified atom stereocenters. The van der Waals surface area contributed by atoms with Gasteiger partial charge in [0.25, 0.3) is 0 Å². The normalized spacial score (nSPS) is 12.9. The molecule has 0 amide bonds. The van der Waals surface area contributed by atoms with Gasteiger partial charge < -0.3 is 9.47 Å². The average Bonchev–Trinajstić information content (AvgIpc) is 2.60. The summed E-state index contributed by atoms with van der Waals surface area (Å²) < 4.78 is 10.1. The summed E-state index contributed by atoms with van der Waals surface area (Å²) in [7, 11) is 0. The third kappa shape index (κ3) is 1.82. The van der Waals surface area contributed by atoms with Crippen molar-refractivity contribution in [2.75, 3.05) is 6.61 Å². The van der Waals surface area contributed by atoms with Gasteiger partial charge in [-0.05, 0) is 19.1 Å². The van der Waals surface area contributed by atoms with Crippen molar-refractivity contribution in [3.63, 3.8) is 0 Å². The molecule has 82 valence electrons. The fourth-order valence-electron chi connectivity index (χ4n) is 1.33. The van der Waals surface area contributed by atoms with Crippen molar-refractivity contribution >= 4 is 11.8 Å². The highest BCUT2D eigenvalue weighted by Crippen LogP contribution is 2.29. The van der Waals surface area contributed by atoms with Gasteiger partial charge in [-0.15, -0.1) is 0 Å². The second-order valence-corrected chi connectivity index (χ2v) is 3.54. The predicted octanol–water partition coefficient (Wildman–Crippen LogP) is 1.74. The summed E-state index contributed by atoms with van der Waals surface area (Å²) >= 11 is 0. The van der Waals surface area contributed by atoms with Gasteiger partial charge in [-0.1, -0.05) is 6.58 Å². The average molecular weight is 218 g/mol. The van der Waals surface area contributed by atoms with Crippen LogP contribution in [0.15, 0.2) is 30.4 Å². The van der Waals surface area contributed by atoms with Gasteiger partial charge in [-0.2, -0.15) is 0 Å². The van der Waals surface area contributed by atoms with Gasteiger partial charge >= 0.3 is 5.97 Å². The van der Waals surface area contributed by atoms with Crippen molar-refractivity contribution in [1.82, 2.24) is 0 Å². The Kier molecular flexibility index (Phi) is 2.48. The van der Waals surface area contributed by atoms with Crippen LogP contribution >= 0.6 is 0 Å². The van der Waals surface area contributed by atoms with Crippen molar-refractivity contribution in [2.24, 2.45) is 0 Å². The molecule has 0 bridgehead atoms. The fourth-order valence-corrected chi connectivity index (χ4v) is 1.33. The van der Waals surface area contributed by atoms with E-state index in [1.54, 1.807) is 19.1 Å². The quantitative estimate of drug-likeness (QED) is 0.431. The summed E-state index contributed by atoms with van der Waals surface area (Å²) in [6, 6.07) is 4.68. The number of rotatable bonds is 2. The Bertz CT molecular complexity index is 488. The zero-order valence-corrected chi connectivity index (χ0v) is 8.78. The Balaban J connectivity index is 2.23. The molecule has 0 spiro atoms. The molecule has 0 fully saturated rings. The van der Waals surface area contributed by atoms with Crippen LogP contribution in [0.3, 0.4) is 0 Å². The molecule has 0 aliphatic carbocycles. The molecule has 1 aliphatic rings. The SMILES string of the molecule is C=C(C)C(=O)Oc1ccc2c(c1)OCC2=O. The van der Waals surface area contributed by atoms with Crippen LogP contribution in [0.25, 0.3) is 0 Å². The molecule has 1 aromatic rings. The zero-order valence-electron chi connectivity index (χ0n) is 8.78. The van der Waals surface area contributed by atoms with Crippen LogP contribution in [0.4, 0.5) is 0 Å². The zero-order chi connectivity index (χ0) is 11.7. The molecule has 1 heterocycles. The first-order valence-corrected chi connectivity index (χ1v) is 4.75. The Morgan fingerprint density at radius 1 is 1.50 bits per heavy atom. The van der Waals surface area contributed by atoms with Crippen LogP contribution in [0, 0.1) is 0 Å². The van der Waals surface area contributed by atoms with E-state index < -0.39 is 5.97 Å². The van der Waals surface area contributed by atoms with Crippen LogP contribution in [0.1, 0.15) is 17.3 Å². The van der Waals surface area contributed by atoms with Crippen LogP contribution in [0.5, 0.6) is 11.5 Å². The molecule has 1 aromatic carbocycles. The van der Waals surface area contributed by atoms with Crippen LogP contribution in [0.2, 0.25) is 0 Å². The van der Waals surface area contributed by atoms with E-state index in [9.17, 15) is 9.59 Å². The van der Waals surface area contributed by atoms with E-state index in [-0.39, 0.29) is 12.4 Å². The van der Waals surface area contributed by atoms with Gasteiger partial charge in [0.2, 0.25) is 5.78 Å². The van der Waals surface area contributed by atoms with Crippen molar-refractivity contribution in [3.05, 3.63) is 35.9 Å². The molecule has 0 radical (unpaired) electrons. The van der Waals surface area contributed by atoms with E-state index in [1.807, 2.05) is 0 Å². The second-order valence-electron chi connectivity index (χ2n) is 3.54. The molecule has 0 aromatic heterocycles. The maximum absolute atomic E-state index is 11.3. The first-order valence-electron chi connectivity index (χ1n) is 4.75. The second kappa shape index (κ2) is 3.81. The maximum atomic E-state index is 11.3. The molecule has 4 nitrogen and oxygen atoms in total. The number of Topliss-reactive ketones (excluding diaryl/α,β-unsaturated/α-hetero) is 1. The van der Waals surface area contributed by atoms with Crippen molar-refractivity contribution in [3.8, 4) is 11.5 Å². The van der Waals surface area contributed by atoms with Crippen LogP contribution in [-0.2, 0) is 4.79 Å². The van der Waals surface area contributed by atoms with Gasteiger partial charge in [-0.3, -0.25) is 4.79 Å². The molecular weight excluding hydrogens is 208 g/mol. The number of hydrogen-bond donors (Lipinski definition) is 0. The summed E-state index contributed by atoms with van der Waals surface area (Å²) in [5, 5.41) is 0. The highest BCUT2D eigenvalue weighted by molar-refractivity contribution is 6.02. The topological polar surface area (TPSA) is 52.6 Å². The first kappa shape index (κ1) is 10.4. The summed E-state index contributed by atoms with van der Waals surface area (Å²) in [6.45, 7) is 5.09. The summed E-state index contributed by atoms with van der Waals surface area (Å²) in [4.78, 5) is 22.5. The number of esters is 1. The van der Waals surface area contributed by atoms with E-state index in [2.05, 4.69) is 6.58 Å². The molecule has 2 rings (SSSR count). The molecule has 1 aliphatic heterocycles. The Morgan fingerprint density at radius 3 is 2.94 bits per heavy atom. The number of carbonyl (C=O) groups excluding carboxylic acids is 2. The molecule has 0 N–H and O–H groups in total. The van der Waals surface area contributed by atoms with E-state index in [0.29, 0.717) is 22.6 Å². The number of hydrogen-bond acceptors (Lipinski definition) is 4. The Hall–Kier alpha value is -2.10. The van der Waals surface area contributed by atoms with Gasteiger partial charge in [0.15, 0.2) is 6.61 Å². The highest BCUT2D eigenvalue weighted by atomic mass is 16.5. The molecule has 4 heteroatoms. The maximum Gasteiger partial charge on any atom is 0.338 e. The lowest BCUT2D eigenvalue weighted by atomic mass is 10.1. The minimum atomic E-state index is -0.496. The lowest BCUT2D eigenvalue weighted by Gasteiger charge is -2.04. The third-order valence-corrected chi connectivity index (χ3v) is 2.17. The van der Waals surface area contributed by atoms with Gasteiger partial charge in [0, 0.05) is 11.6 Å². The summed E-state index contributed by atoms with van der Waals surface area (Å²) in [6.07, 6.45) is 0. The predicted molar refractivity (Wildman–Crippen MR) is 56.7 cm³/mol. The highest BCUT2D eigenvalue weighted by Gasteiger charge is 2.21. The van der Waals surface area contributed by atoms with Crippen molar-refractivity contribution in [2.45, 2.75) is 6.92 Å². The molecule has 16 heavy (non-hydrogen) atoms. The summed E-state index contributed by atoms with van der Waals surface area (Å²) in [5.41, 5.74) is 0.840. The summed E-state index contributed by atoms with van der Waals surface area (Å²) in [5.74, 6) is 0.246. The molecule has 0 atom stereocenters. The van der Waals surface area contributed by atoms with Gasteiger partial charge in [-0.25, -0.2) is 4.79 Å². The smallest absolute Gasteiger partial charge is 0.338 e. The number of fused-ring (bicyclic) bond motifs is 1. The van der Waals surface area contributed by atoms with Gasteiger partial charge in [0.1, 0.15) is 11.5 Å². The number of ketones is 1. The van der Waals surface area contributed by atoms with Crippen LogP contribution < -0.4 is 9.47 Å². The Morgan fingerprint density at radius 2 is 2.25 bits per heavy atom. The standard InChI is InChI=1S/C12H10O4/c1-7(2)12(14)16-8-3-4-9-10(13)6-15-11(9)5-8/h3-5H,1,6H2,2H3. The van der Waals surface area contributed by atoms with Gasteiger partial charge in [0.05, 0.1) is 5.56 Å². The van der Waals surface area contributed by atoms with Crippen molar-refractivity contribution < 1.29 is 19.1 Å². The monoisotopic (exact) mass is 218 g/mol. The first-order chi connectivity index (χ1) is 7.58. The van der Waals surface area contributed by atoms with E-state index >= 15 is 0 Å². The Labute approximate surface area is 92.5 Å². The third-order valence-electron chi connectivity index (χ3n) is 2.17.